The number of carbonyl (C=O) groups excluding carboxylic acids is 1. The predicted molar refractivity (Wildman–Crippen MR) is 113 cm³/mol. The van der Waals surface area contributed by atoms with Crippen LogP contribution in [0.3, 0.4) is 0 Å². The van der Waals surface area contributed by atoms with Crippen LogP contribution in [0.5, 0.6) is 23.5 Å². The van der Waals surface area contributed by atoms with Crippen molar-refractivity contribution in [2.24, 2.45) is 0 Å². The fraction of sp³-hybridized carbons (Fsp3) is 0.522. The fourth-order valence-electron chi connectivity index (χ4n) is 4.06. The van der Waals surface area contributed by atoms with Gasteiger partial charge in [0.1, 0.15) is 11.4 Å². The van der Waals surface area contributed by atoms with Crippen LogP contribution in [0.1, 0.15) is 58.1 Å². The van der Waals surface area contributed by atoms with Crippen molar-refractivity contribution in [2.75, 3.05) is 14.2 Å². The Morgan fingerprint density at radius 3 is 2.27 bits per heavy atom. The Bertz CT molecular complexity index is 917. The number of ether oxygens (including phenoxy) is 4. The molecule has 1 atom stereocenters. The van der Waals surface area contributed by atoms with Crippen molar-refractivity contribution in [3.05, 3.63) is 35.4 Å². The summed E-state index contributed by atoms with van der Waals surface area (Å²) >= 11 is 0. The number of methoxy groups -OCH3 is 2. The largest absolute Gasteiger partial charge is 0.481 e. The number of hydrogen-bond acceptors (Lipinski definition) is 7. The first-order valence-corrected chi connectivity index (χ1v) is 10.1. The molecule has 0 radical (unpaired) electrons. The summed E-state index contributed by atoms with van der Waals surface area (Å²) in [5.74, 6) is 1.03. The van der Waals surface area contributed by atoms with Crippen LogP contribution in [0.15, 0.2) is 24.3 Å². The molecule has 1 fully saturated rings. The molecular formula is C23H30N2O5. The van der Waals surface area contributed by atoms with Gasteiger partial charge in [-0.25, -0.2) is 0 Å². The average Bonchev–Trinajstić information content (AvgIpc) is 2.69. The summed E-state index contributed by atoms with van der Waals surface area (Å²) in [4.78, 5) is 21.7. The van der Waals surface area contributed by atoms with Crippen LogP contribution in [0.4, 0.5) is 0 Å². The molecule has 2 aromatic rings. The lowest BCUT2D eigenvalue weighted by Crippen LogP contribution is -2.51. The maximum Gasteiger partial charge on any atom is 0.328 e. The second-order valence-corrected chi connectivity index (χ2v) is 8.54. The summed E-state index contributed by atoms with van der Waals surface area (Å²) < 4.78 is 22.3. The zero-order chi connectivity index (χ0) is 22.1. The summed E-state index contributed by atoms with van der Waals surface area (Å²) in [7, 11) is 3.03. The minimum absolute atomic E-state index is 0.0768. The molecule has 1 aliphatic rings. The highest BCUT2D eigenvalue weighted by Gasteiger charge is 2.47. The van der Waals surface area contributed by atoms with Gasteiger partial charge in [0.2, 0.25) is 11.8 Å². The molecule has 0 N–H and O–H groups in total. The summed E-state index contributed by atoms with van der Waals surface area (Å²) in [6.07, 6.45) is 1.42. The van der Waals surface area contributed by atoms with E-state index in [-0.39, 0.29) is 17.7 Å². The van der Waals surface area contributed by atoms with Crippen LogP contribution in [0.2, 0.25) is 0 Å². The van der Waals surface area contributed by atoms with Gasteiger partial charge < -0.3 is 18.9 Å². The first-order valence-electron chi connectivity index (χ1n) is 10.1. The Hall–Kier alpha value is -2.67. The number of hydrogen-bond donors (Lipinski definition) is 0. The quantitative estimate of drug-likeness (QED) is 0.689. The normalized spacial score (nSPS) is 20.0. The van der Waals surface area contributed by atoms with E-state index in [9.17, 15) is 4.79 Å². The third kappa shape index (κ3) is 4.56. The van der Waals surface area contributed by atoms with Crippen molar-refractivity contribution in [1.29, 1.82) is 0 Å². The monoisotopic (exact) mass is 414 g/mol. The number of Topliss-reactive ketones (excluding diaryl/α,β-unsaturated/α-hetero) is 1. The molecule has 7 nitrogen and oxygen atoms in total. The standard InChI is InChI=1S/C23H30N2O5/c1-8-14-9-10-15(29-21-24-18(27-6)12-19(25-21)28-7)11-16(14)17-13-22(2,3)30-23(4,5)20(17)26/h9-12,17H,8,13H2,1-7H3. The number of ketones is 1. The Kier molecular flexibility index (Phi) is 6.04. The average molecular weight is 415 g/mol. The Morgan fingerprint density at radius 1 is 1.07 bits per heavy atom. The molecule has 0 amide bonds. The van der Waals surface area contributed by atoms with E-state index in [2.05, 4.69) is 16.9 Å². The highest BCUT2D eigenvalue weighted by molar-refractivity contribution is 5.93. The van der Waals surface area contributed by atoms with E-state index in [1.54, 1.807) is 6.07 Å². The van der Waals surface area contributed by atoms with Crippen LogP contribution in [-0.2, 0) is 16.0 Å². The van der Waals surface area contributed by atoms with E-state index in [1.165, 1.54) is 14.2 Å². The van der Waals surface area contributed by atoms with Gasteiger partial charge in [-0.3, -0.25) is 4.79 Å². The smallest absolute Gasteiger partial charge is 0.328 e. The molecule has 0 bridgehead atoms. The zero-order valence-electron chi connectivity index (χ0n) is 18.7. The van der Waals surface area contributed by atoms with Gasteiger partial charge in [-0.1, -0.05) is 13.0 Å². The van der Waals surface area contributed by atoms with Gasteiger partial charge in [0.15, 0.2) is 5.78 Å². The van der Waals surface area contributed by atoms with Crippen molar-refractivity contribution < 1.29 is 23.7 Å². The van der Waals surface area contributed by atoms with Gasteiger partial charge in [-0.2, -0.15) is 9.97 Å². The fourth-order valence-corrected chi connectivity index (χ4v) is 4.06. The van der Waals surface area contributed by atoms with E-state index in [4.69, 9.17) is 18.9 Å². The molecule has 1 aromatic carbocycles. The zero-order valence-corrected chi connectivity index (χ0v) is 18.7. The van der Waals surface area contributed by atoms with E-state index in [0.29, 0.717) is 23.9 Å². The summed E-state index contributed by atoms with van der Waals surface area (Å²) in [5.41, 5.74) is 0.808. The van der Waals surface area contributed by atoms with Crippen molar-refractivity contribution in [3.63, 3.8) is 0 Å². The van der Waals surface area contributed by atoms with Gasteiger partial charge in [-0.15, -0.1) is 0 Å². The molecule has 3 rings (SSSR count). The topological polar surface area (TPSA) is 79.8 Å². The molecule has 0 aliphatic carbocycles. The summed E-state index contributed by atoms with van der Waals surface area (Å²) in [5, 5.41) is 0. The van der Waals surface area contributed by atoms with Gasteiger partial charge in [0.05, 0.1) is 25.9 Å². The minimum Gasteiger partial charge on any atom is -0.481 e. The van der Waals surface area contributed by atoms with E-state index >= 15 is 0 Å². The Labute approximate surface area is 177 Å². The van der Waals surface area contributed by atoms with Crippen LogP contribution in [0, 0.1) is 0 Å². The van der Waals surface area contributed by atoms with Crippen molar-refractivity contribution in [1.82, 2.24) is 9.97 Å². The Balaban J connectivity index is 1.99. The number of benzene rings is 1. The van der Waals surface area contributed by atoms with Crippen LogP contribution in [-0.4, -0.2) is 41.2 Å². The van der Waals surface area contributed by atoms with Gasteiger partial charge in [0, 0.05) is 5.92 Å². The molecule has 0 spiro atoms. The molecule has 30 heavy (non-hydrogen) atoms. The SMILES string of the molecule is CCc1ccc(Oc2nc(OC)cc(OC)n2)cc1C1CC(C)(C)OC(C)(C)C1=O. The predicted octanol–water partition coefficient (Wildman–Crippen LogP) is 4.48. The third-order valence-electron chi connectivity index (χ3n) is 5.30. The molecule has 1 aromatic heterocycles. The maximum atomic E-state index is 13.2. The van der Waals surface area contributed by atoms with E-state index < -0.39 is 11.2 Å². The lowest BCUT2D eigenvalue weighted by Gasteiger charge is -2.44. The summed E-state index contributed by atoms with van der Waals surface area (Å²) in [6.45, 7) is 9.81. The second kappa shape index (κ2) is 8.22. The van der Waals surface area contributed by atoms with Crippen LogP contribution >= 0.6 is 0 Å². The van der Waals surface area contributed by atoms with Crippen LogP contribution in [0.25, 0.3) is 0 Å². The molecule has 0 saturated carbocycles. The van der Waals surface area contributed by atoms with Gasteiger partial charge >= 0.3 is 6.01 Å². The van der Waals surface area contributed by atoms with E-state index in [0.717, 1.165) is 17.5 Å². The molecule has 7 heteroatoms. The minimum atomic E-state index is -0.850. The lowest BCUT2D eigenvalue weighted by atomic mass is 9.75. The van der Waals surface area contributed by atoms with E-state index in [1.807, 2.05) is 45.9 Å². The molecule has 1 unspecified atom stereocenters. The first kappa shape index (κ1) is 22.0. The first-order chi connectivity index (χ1) is 14.1. The highest BCUT2D eigenvalue weighted by atomic mass is 16.5. The van der Waals surface area contributed by atoms with Crippen molar-refractivity contribution in [3.8, 4) is 23.5 Å². The van der Waals surface area contributed by atoms with Crippen molar-refractivity contribution in [2.45, 2.75) is 64.6 Å². The Morgan fingerprint density at radius 2 is 1.70 bits per heavy atom. The van der Waals surface area contributed by atoms with Gasteiger partial charge in [-0.05, 0) is 63.8 Å². The number of nitrogens with zero attached hydrogens (tertiary/aromatic N) is 2. The molecule has 1 aliphatic heterocycles. The highest BCUT2D eigenvalue weighted by Crippen LogP contribution is 2.43. The maximum absolute atomic E-state index is 13.2. The number of aryl methyl sites for hydroxylation is 1. The molecule has 1 saturated heterocycles. The molecular weight excluding hydrogens is 384 g/mol. The van der Waals surface area contributed by atoms with Crippen molar-refractivity contribution >= 4 is 5.78 Å². The lowest BCUT2D eigenvalue weighted by molar-refractivity contribution is -0.179. The third-order valence-corrected chi connectivity index (χ3v) is 5.30. The number of carbonyl (C=O) groups is 1. The summed E-state index contributed by atoms with van der Waals surface area (Å²) in [6, 6.07) is 7.44. The number of rotatable bonds is 6. The molecule has 2 heterocycles. The number of aromatic nitrogens is 2. The molecule has 162 valence electrons. The second-order valence-electron chi connectivity index (χ2n) is 8.54. The van der Waals surface area contributed by atoms with Crippen LogP contribution < -0.4 is 14.2 Å². The van der Waals surface area contributed by atoms with Gasteiger partial charge in [0.25, 0.3) is 0 Å².